The van der Waals surface area contributed by atoms with Crippen LogP contribution in [-0.4, -0.2) is 17.6 Å². The highest BCUT2D eigenvalue weighted by molar-refractivity contribution is 5.31. The van der Waals surface area contributed by atoms with Crippen molar-refractivity contribution in [1.29, 1.82) is 0 Å². The van der Waals surface area contributed by atoms with Gasteiger partial charge >= 0.3 is 6.36 Å². The summed E-state index contributed by atoms with van der Waals surface area (Å²) in [5.41, 5.74) is 1.28. The van der Waals surface area contributed by atoms with Gasteiger partial charge in [-0.2, -0.15) is 0 Å². The number of hydrogen-bond donors (Lipinski definition) is 1. The quantitative estimate of drug-likeness (QED) is 0.847. The highest BCUT2D eigenvalue weighted by Crippen LogP contribution is 2.25. The van der Waals surface area contributed by atoms with Crippen LogP contribution in [0.2, 0.25) is 0 Å². The number of hydrogen-bond acceptors (Lipinski definition) is 3. The standard InChI is InChI=1S/C11H14O.C7H5F3O2/c1-2-5-10(6-3-1)9-12-11-7-4-8-11;8-7(9,10)12-6-3-1-2-5(11)4-6/h1-3,5-6,11H,4,7-9H2;1-4,11H. The van der Waals surface area contributed by atoms with E-state index in [0.29, 0.717) is 6.10 Å². The first-order valence-corrected chi connectivity index (χ1v) is 7.63. The second-order valence-electron chi connectivity index (χ2n) is 5.39. The van der Waals surface area contributed by atoms with Crippen LogP contribution in [0.3, 0.4) is 0 Å². The van der Waals surface area contributed by atoms with Crippen molar-refractivity contribution < 1.29 is 27.8 Å². The van der Waals surface area contributed by atoms with Crippen molar-refractivity contribution in [3.8, 4) is 11.5 Å². The van der Waals surface area contributed by atoms with Crippen LogP contribution >= 0.6 is 0 Å². The Morgan fingerprint density at radius 3 is 2.25 bits per heavy atom. The van der Waals surface area contributed by atoms with Gasteiger partial charge in [-0.05, 0) is 37.0 Å². The fourth-order valence-electron chi connectivity index (χ4n) is 2.01. The Hall–Kier alpha value is -2.21. The lowest BCUT2D eigenvalue weighted by Gasteiger charge is -2.25. The molecule has 24 heavy (non-hydrogen) atoms. The molecule has 1 N–H and O–H groups in total. The molecule has 2 aromatic carbocycles. The van der Waals surface area contributed by atoms with E-state index in [4.69, 9.17) is 9.84 Å². The summed E-state index contributed by atoms with van der Waals surface area (Å²) >= 11 is 0. The Bertz CT molecular complexity index is 610. The summed E-state index contributed by atoms with van der Waals surface area (Å²) in [5.74, 6) is -0.695. The third-order valence-corrected chi connectivity index (χ3v) is 3.43. The van der Waals surface area contributed by atoms with E-state index in [-0.39, 0.29) is 5.75 Å². The van der Waals surface area contributed by atoms with Crippen LogP contribution in [0.5, 0.6) is 11.5 Å². The van der Waals surface area contributed by atoms with Gasteiger partial charge in [-0.25, -0.2) is 0 Å². The van der Waals surface area contributed by atoms with E-state index in [1.54, 1.807) is 0 Å². The molecular weight excluding hydrogens is 321 g/mol. The van der Waals surface area contributed by atoms with Crippen LogP contribution in [0.1, 0.15) is 24.8 Å². The van der Waals surface area contributed by atoms with E-state index < -0.39 is 12.1 Å². The molecule has 2 aromatic rings. The largest absolute Gasteiger partial charge is 0.573 e. The van der Waals surface area contributed by atoms with Crippen LogP contribution in [0, 0.1) is 0 Å². The summed E-state index contributed by atoms with van der Waals surface area (Å²) in [6.07, 6.45) is -0.308. The third kappa shape index (κ3) is 6.91. The van der Waals surface area contributed by atoms with Crippen LogP contribution in [0.25, 0.3) is 0 Å². The van der Waals surface area contributed by atoms with Crippen molar-refractivity contribution in [3.63, 3.8) is 0 Å². The van der Waals surface area contributed by atoms with E-state index in [1.807, 2.05) is 6.07 Å². The molecule has 0 bridgehead atoms. The highest BCUT2D eigenvalue weighted by Gasteiger charge is 2.31. The molecule has 3 rings (SSSR count). The second-order valence-corrected chi connectivity index (χ2v) is 5.39. The minimum Gasteiger partial charge on any atom is -0.508 e. The summed E-state index contributed by atoms with van der Waals surface area (Å²) in [6.45, 7) is 0.783. The third-order valence-electron chi connectivity index (χ3n) is 3.43. The average molecular weight is 340 g/mol. The van der Waals surface area contributed by atoms with Gasteiger partial charge in [0.15, 0.2) is 0 Å². The molecule has 1 fully saturated rings. The van der Waals surface area contributed by atoms with Gasteiger partial charge in [-0.1, -0.05) is 36.4 Å². The van der Waals surface area contributed by atoms with E-state index >= 15 is 0 Å². The predicted molar refractivity (Wildman–Crippen MR) is 83.7 cm³/mol. The second kappa shape index (κ2) is 8.59. The van der Waals surface area contributed by atoms with Crippen molar-refractivity contribution in [1.82, 2.24) is 0 Å². The molecule has 0 amide bonds. The van der Waals surface area contributed by atoms with Gasteiger partial charge in [0.05, 0.1) is 12.7 Å². The van der Waals surface area contributed by atoms with E-state index in [1.165, 1.54) is 37.0 Å². The van der Waals surface area contributed by atoms with Crippen molar-refractivity contribution in [2.45, 2.75) is 38.3 Å². The summed E-state index contributed by atoms with van der Waals surface area (Å²) in [4.78, 5) is 0. The molecule has 0 spiro atoms. The number of halogens is 3. The van der Waals surface area contributed by atoms with Crippen LogP contribution in [0.4, 0.5) is 13.2 Å². The van der Waals surface area contributed by atoms with Gasteiger partial charge in [0.25, 0.3) is 0 Å². The molecule has 1 saturated carbocycles. The molecule has 1 aliphatic carbocycles. The van der Waals surface area contributed by atoms with Crippen LogP contribution in [0.15, 0.2) is 54.6 Å². The molecule has 0 aliphatic heterocycles. The average Bonchev–Trinajstić information content (AvgIpc) is 2.46. The zero-order valence-corrected chi connectivity index (χ0v) is 13.0. The minimum absolute atomic E-state index is 0.267. The molecule has 1 aliphatic rings. The summed E-state index contributed by atoms with van der Waals surface area (Å²) < 4.78 is 43.9. The van der Waals surface area contributed by atoms with Crippen molar-refractivity contribution >= 4 is 0 Å². The number of phenols is 1. The molecule has 3 nitrogen and oxygen atoms in total. The predicted octanol–water partition coefficient (Wildman–Crippen LogP) is 5.05. The van der Waals surface area contributed by atoms with E-state index in [0.717, 1.165) is 18.7 Å². The van der Waals surface area contributed by atoms with Crippen LogP contribution < -0.4 is 4.74 Å². The molecule has 130 valence electrons. The van der Waals surface area contributed by atoms with E-state index in [2.05, 4.69) is 29.0 Å². The zero-order chi connectivity index (χ0) is 17.4. The SMILES string of the molecule is Oc1cccc(OC(F)(F)F)c1.c1ccc(COC2CCC2)cc1. The minimum atomic E-state index is -4.71. The number of aromatic hydroxyl groups is 1. The Balaban J connectivity index is 0.000000174. The Kier molecular flexibility index (Phi) is 6.49. The number of ether oxygens (including phenoxy) is 2. The smallest absolute Gasteiger partial charge is 0.508 e. The monoisotopic (exact) mass is 340 g/mol. The maximum absolute atomic E-state index is 11.6. The molecule has 0 aromatic heterocycles. The highest BCUT2D eigenvalue weighted by atomic mass is 19.4. The molecule has 0 radical (unpaired) electrons. The lowest BCUT2D eigenvalue weighted by atomic mass is 9.96. The maximum atomic E-state index is 11.6. The Morgan fingerprint density at radius 1 is 1.00 bits per heavy atom. The summed E-state index contributed by atoms with van der Waals surface area (Å²) in [5, 5.41) is 8.76. The number of benzene rings is 2. The molecule has 0 atom stereocenters. The van der Waals surface area contributed by atoms with E-state index in [9.17, 15) is 13.2 Å². The Morgan fingerprint density at radius 2 is 1.71 bits per heavy atom. The van der Waals surface area contributed by atoms with Gasteiger partial charge in [-0.15, -0.1) is 13.2 Å². The molecule has 0 heterocycles. The molecule has 0 unspecified atom stereocenters. The first-order chi connectivity index (χ1) is 11.4. The maximum Gasteiger partial charge on any atom is 0.573 e. The first kappa shape index (κ1) is 18.1. The first-order valence-electron chi connectivity index (χ1n) is 7.63. The van der Waals surface area contributed by atoms with Gasteiger partial charge in [-0.3, -0.25) is 0 Å². The van der Waals surface area contributed by atoms with Gasteiger partial charge in [0.2, 0.25) is 0 Å². The molecule has 0 saturated heterocycles. The van der Waals surface area contributed by atoms with Crippen LogP contribution in [-0.2, 0) is 11.3 Å². The zero-order valence-electron chi connectivity index (χ0n) is 13.0. The van der Waals surface area contributed by atoms with Gasteiger partial charge in [0, 0.05) is 6.07 Å². The fourth-order valence-corrected chi connectivity index (χ4v) is 2.01. The van der Waals surface area contributed by atoms with Crippen molar-refractivity contribution in [2.75, 3.05) is 0 Å². The normalized spacial score (nSPS) is 14.3. The Labute approximate surface area is 138 Å². The van der Waals surface area contributed by atoms with Gasteiger partial charge in [0.1, 0.15) is 11.5 Å². The lowest BCUT2D eigenvalue weighted by molar-refractivity contribution is -0.274. The summed E-state index contributed by atoms with van der Waals surface area (Å²) in [7, 11) is 0. The number of alkyl halides is 3. The molecular formula is C18H19F3O3. The molecule has 6 heteroatoms. The fraction of sp³-hybridized carbons (Fsp3) is 0.333. The van der Waals surface area contributed by atoms with Gasteiger partial charge < -0.3 is 14.6 Å². The lowest BCUT2D eigenvalue weighted by Crippen LogP contribution is -2.21. The van der Waals surface area contributed by atoms with Crippen molar-refractivity contribution in [2.24, 2.45) is 0 Å². The summed E-state index contributed by atoms with van der Waals surface area (Å²) in [6, 6.07) is 14.9. The number of rotatable bonds is 4. The van der Waals surface area contributed by atoms with Crippen molar-refractivity contribution in [3.05, 3.63) is 60.2 Å². The number of phenolic OH excluding ortho intramolecular Hbond substituents is 1. The topological polar surface area (TPSA) is 38.7 Å².